The summed E-state index contributed by atoms with van der Waals surface area (Å²) in [6.07, 6.45) is 55.3. The number of esters is 3. The normalized spacial score (nSPS) is 12.5. The lowest BCUT2D eigenvalue weighted by Crippen LogP contribution is -2.30. The Hall–Kier alpha value is -1.59. The van der Waals surface area contributed by atoms with Crippen molar-refractivity contribution in [1.82, 2.24) is 0 Å². The monoisotopic (exact) mass is 919 g/mol. The molecule has 0 amide bonds. The quantitative estimate of drug-likeness (QED) is 0.0344. The molecule has 0 saturated carbocycles. The Morgan fingerprint density at radius 2 is 0.585 bits per heavy atom. The minimum absolute atomic E-state index is 0.0628. The number of unbranched alkanes of at least 4 members (excludes halogenated alkanes) is 37. The predicted octanol–water partition coefficient (Wildman–Crippen LogP) is 19.3. The molecule has 0 N–H and O–H groups in total. The Morgan fingerprint density at radius 1 is 0.323 bits per heavy atom. The lowest BCUT2D eigenvalue weighted by Gasteiger charge is -2.18. The van der Waals surface area contributed by atoms with Gasteiger partial charge in [0.15, 0.2) is 6.10 Å². The first-order chi connectivity index (χ1) is 31.8. The van der Waals surface area contributed by atoms with Gasteiger partial charge in [-0.25, -0.2) is 0 Å². The molecule has 0 radical (unpaired) electrons. The van der Waals surface area contributed by atoms with Crippen LogP contribution in [0.5, 0.6) is 0 Å². The molecule has 0 aromatic heterocycles. The van der Waals surface area contributed by atoms with E-state index < -0.39 is 6.10 Å². The van der Waals surface area contributed by atoms with E-state index >= 15 is 0 Å². The minimum atomic E-state index is -0.762. The Morgan fingerprint density at radius 3 is 0.877 bits per heavy atom. The molecule has 386 valence electrons. The topological polar surface area (TPSA) is 78.9 Å². The van der Waals surface area contributed by atoms with Gasteiger partial charge in [-0.15, -0.1) is 0 Å². The molecule has 6 nitrogen and oxygen atoms in total. The van der Waals surface area contributed by atoms with E-state index in [-0.39, 0.29) is 31.1 Å². The molecule has 6 heteroatoms. The van der Waals surface area contributed by atoms with Gasteiger partial charge in [0.1, 0.15) is 13.2 Å². The Balaban J connectivity index is 4.19. The van der Waals surface area contributed by atoms with Crippen LogP contribution < -0.4 is 0 Å². The average molecular weight is 920 g/mol. The number of carbonyl (C=O) groups is 3. The number of ether oxygens (including phenoxy) is 3. The summed E-state index contributed by atoms with van der Waals surface area (Å²) in [5.74, 6) is 0.907. The van der Waals surface area contributed by atoms with E-state index in [1.807, 2.05) is 0 Å². The van der Waals surface area contributed by atoms with E-state index in [1.165, 1.54) is 218 Å². The van der Waals surface area contributed by atoms with Gasteiger partial charge in [-0.2, -0.15) is 0 Å². The molecule has 0 aliphatic heterocycles. The van der Waals surface area contributed by atoms with Gasteiger partial charge >= 0.3 is 17.9 Å². The number of rotatable bonds is 53. The van der Waals surface area contributed by atoms with Crippen molar-refractivity contribution in [2.45, 2.75) is 336 Å². The van der Waals surface area contributed by atoms with Crippen LogP contribution in [-0.2, 0) is 28.6 Å². The Kier molecular flexibility index (Phi) is 50.5. The molecule has 2 atom stereocenters. The summed E-state index contributed by atoms with van der Waals surface area (Å²) >= 11 is 0. The van der Waals surface area contributed by atoms with Crippen LogP contribution in [0, 0.1) is 11.8 Å². The molecule has 0 aliphatic rings. The van der Waals surface area contributed by atoms with Crippen molar-refractivity contribution in [3.05, 3.63) is 0 Å². The van der Waals surface area contributed by atoms with E-state index in [0.717, 1.165) is 69.6 Å². The summed E-state index contributed by atoms with van der Waals surface area (Å²) in [5, 5.41) is 0. The van der Waals surface area contributed by atoms with E-state index in [2.05, 4.69) is 34.6 Å². The van der Waals surface area contributed by atoms with Crippen LogP contribution in [0.3, 0.4) is 0 Å². The second-order valence-electron chi connectivity index (χ2n) is 21.0. The molecule has 0 spiro atoms. The average Bonchev–Trinajstić information content (AvgIpc) is 3.29. The molecule has 0 rings (SSSR count). The molecule has 1 unspecified atom stereocenters. The summed E-state index contributed by atoms with van der Waals surface area (Å²) in [5.41, 5.74) is 0. The lowest BCUT2D eigenvalue weighted by molar-refractivity contribution is -0.167. The van der Waals surface area contributed by atoms with Crippen LogP contribution in [0.15, 0.2) is 0 Å². The van der Waals surface area contributed by atoms with Crippen molar-refractivity contribution < 1.29 is 28.6 Å². The number of hydrogen-bond acceptors (Lipinski definition) is 6. The number of hydrogen-bond donors (Lipinski definition) is 0. The highest BCUT2D eigenvalue weighted by Gasteiger charge is 2.19. The van der Waals surface area contributed by atoms with Crippen LogP contribution in [0.2, 0.25) is 0 Å². The minimum Gasteiger partial charge on any atom is -0.462 e. The van der Waals surface area contributed by atoms with Crippen molar-refractivity contribution >= 4 is 17.9 Å². The largest absolute Gasteiger partial charge is 0.462 e. The summed E-state index contributed by atoms with van der Waals surface area (Å²) in [4.78, 5) is 38.0. The summed E-state index contributed by atoms with van der Waals surface area (Å²) in [6.45, 7) is 11.4. The molecular formula is C59H114O6. The first-order valence-electron chi connectivity index (χ1n) is 29.3. The maximum Gasteiger partial charge on any atom is 0.306 e. The molecule has 0 aromatic rings. The highest BCUT2D eigenvalue weighted by Crippen LogP contribution is 2.19. The highest BCUT2D eigenvalue weighted by atomic mass is 16.6. The van der Waals surface area contributed by atoms with Gasteiger partial charge in [-0.3, -0.25) is 14.4 Å². The molecule has 0 saturated heterocycles. The van der Waals surface area contributed by atoms with Gasteiger partial charge in [0, 0.05) is 19.3 Å². The second-order valence-corrected chi connectivity index (χ2v) is 21.0. The zero-order valence-electron chi connectivity index (χ0n) is 44.6. The molecule has 0 aliphatic carbocycles. The predicted molar refractivity (Wildman–Crippen MR) is 280 cm³/mol. The van der Waals surface area contributed by atoms with Gasteiger partial charge in [0.25, 0.3) is 0 Å². The summed E-state index contributed by atoms with van der Waals surface area (Å²) < 4.78 is 16.9. The zero-order chi connectivity index (χ0) is 47.5. The van der Waals surface area contributed by atoms with Crippen molar-refractivity contribution in [2.24, 2.45) is 11.8 Å². The fraction of sp³-hybridized carbons (Fsp3) is 0.949. The van der Waals surface area contributed by atoms with Crippen molar-refractivity contribution in [3.63, 3.8) is 0 Å². The maximum absolute atomic E-state index is 12.8. The van der Waals surface area contributed by atoms with Crippen LogP contribution >= 0.6 is 0 Å². The van der Waals surface area contributed by atoms with Gasteiger partial charge < -0.3 is 14.2 Å². The molecule has 0 fully saturated rings. The van der Waals surface area contributed by atoms with Gasteiger partial charge in [0.2, 0.25) is 0 Å². The zero-order valence-corrected chi connectivity index (χ0v) is 44.6. The van der Waals surface area contributed by atoms with Crippen molar-refractivity contribution in [3.8, 4) is 0 Å². The fourth-order valence-corrected chi connectivity index (χ4v) is 9.02. The standard InChI is InChI=1S/C59H114O6/c1-6-8-9-10-11-27-34-39-44-49-57(60)63-52-56(53-64-58(61)50-45-40-35-30-25-22-18-19-23-28-32-37-42-47-54(3)4)65-59(62)51-46-41-36-31-26-21-17-15-13-12-14-16-20-24-29-33-38-43-48-55(5)7-2/h54-56H,6-53H2,1-5H3/t55?,56-/m0/s1. The summed E-state index contributed by atoms with van der Waals surface area (Å²) in [7, 11) is 0. The van der Waals surface area contributed by atoms with Gasteiger partial charge in [0.05, 0.1) is 0 Å². The van der Waals surface area contributed by atoms with E-state index in [0.29, 0.717) is 19.3 Å². The van der Waals surface area contributed by atoms with Crippen LogP contribution in [0.1, 0.15) is 330 Å². The Bertz CT molecular complexity index is 995. The SMILES string of the molecule is CCCCCCCCCCCC(=O)OC[C@@H](COC(=O)CCCCCCCCCCCCCCCC(C)C)OC(=O)CCCCCCCCCCCCCCCCCCCCC(C)CC. The Labute approximate surface area is 406 Å². The lowest BCUT2D eigenvalue weighted by atomic mass is 9.99. The van der Waals surface area contributed by atoms with Crippen LogP contribution in [0.25, 0.3) is 0 Å². The second kappa shape index (κ2) is 51.8. The molecule has 0 bridgehead atoms. The number of carbonyl (C=O) groups excluding carboxylic acids is 3. The molecule has 65 heavy (non-hydrogen) atoms. The van der Waals surface area contributed by atoms with Crippen molar-refractivity contribution in [1.29, 1.82) is 0 Å². The van der Waals surface area contributed by atoms with Gasteiger partial charge in [-0.1, -0.05) is 291 Å². The smallest absolute Gasteiger partial charge is 0.306 e. The van der Waals surface area contributed by atoms with Crippen molar-refractivity contribution in [2.75, 3.05) is 13.2 Å². The first kappa shape index (κ1) is 63.4. The fourth-order valence-electron chi connectivity index (χ4n) is 9.02. The molecule has 0 aromatic carbocycles. The molecular weight excluding hydrogens is 805 g/mol. The molecule has 0 heterocycles. The third kappa shape index (κ3) is 51.6. The van der Waals surface area contributed by atoms with Crippen LogP contribution in [-0.4, -0.2) is 37.2 Å². The van der Waals surface area contributed by atoms with Crippen LogP contribution in [0.4, 0.5) is 0 Å². The van der Waals surface area contributed by atoms with E-state index in [4.69, 9.17) is 14.2 Å². The third-order valence-corrected chi connectivity index (χ3v) is 13.8. The maximum atomic E-state index is 12.8. The first-order valence-corrected chi connectivity index (χ1v) is 29.3. The highest BCUT2D eigenvalue weighted by molar-refractivity contribution is 5.71. The summed E-state index contributed by atoms with van der Waals surface area (Å²) in [6, 6.07) is 0. The van der Waals surface area contributed by atoms with E-state index in [9.17, 15) is 14.4 Å². The third-order valence-electron chi connectivity index (χ3n) is 13.8. The van der Waals surface area contributed by atoms with E-state index in [1.54, 1.807) is 0 Å². The van der Waals surface area contributed by atoms with Gasteiger partial charge in [-0.05, 0) is 31.1 Å².